The second kappa shape index (κ2) is 5.33. The van der Waals surface area contributed by atoms with E-state index in [2.05, 4.69) is 9.97 Å². The van der Waals surface area contributed by atoms with Crippen molar-refractivity contribution < 1.29 is 4.74 Å². The second-order valence-corrected chi connectivity index (χ2v) is 6.04. The van der Waals surface area contributed by atoms with Crippen LogP contribution in [-0.2, 0) is 0 Å². The number of fused-ring (bicyclic) bond motifs is 1. The van der Waals surface area contributed by atoms with E-state index in [0.29, 0.717) is 17.8 Å². The number of thiophene rings is 1. The summed E-state index contributed by atoms with van der Waals surface area (Å²) in [6, 6.07) is 7.60. The highest BCUT2D eigenvalue weighted by atomic mass is 32.1. The zero-order valence-electron chi connectivity index (χ0n) is 12.2. The van der Waals surface area contributed by atoms with Gasteiger partial charge in [-0.2, -0.15) is 0 Å². The Morgan fingerprint density at radius 3 is 2.90 bits per heavy atom. The van der Waals surface area contributed by atoms with Crippen molar-refractivity contribution in [3.63, 3.8) is 0 Å². The van der Waals surface area contributed by atoms with Gasteiger partial charge in [0, 0.05) is 10.4 Å². The van der Waals surface area contributed by atoms with Crippen molar-refractivity contribution in [3.8, 4) is 17.1 Å². The Balaban J connectivity index is 2.17. The molecule has 2 aromatic heterocycles. The molecule has 0 bridgehead atoms. The lowest BCUT2D eigenvalue weighted by atomic mass is 10.2. The number of aromatic amines is 1. The minimum Gasteiger partial charge on any atom is -0.494 e. The molecule has 0 spiro atoms. The largest absolute Gasteiger partial charge is 0.494 e. The molecule has 1 N–H and O–H groups in total. The quantitative estimate of drug-likeness (QED) is 0.803. The molecule has 3 aromatic rings. The third-order valence-corrected chi connectivity index (χ3v) is 4.56. The van der Waals surface area contributed by atoms with Gasteiger partial charge in [-0.3, -0.25) is 4.79 Å². The number of hydrogen-bond donors (Lipinski definition) is 1. The molecule has 5 heteroatoms. The van der Waals surface area contributed by atoms with Gasteiger partial charge in [-0.15, -0.1) is 11.3 Å². The smallest absolute Gasteiger partial charge is 0.260 e. The number of aromatic nitrogens is 2. The summed E-state index contributed by atoms with van der Waals surface area (Å²) < 4.78 is 5.49. The molecule has 0 amide bonds. The van der Waals surface area contributed by atoms with Crippen LogP contribution in [-0.4, -0.2) is 16.6 Å². The van der Waals surface area contributed by atoms with E-state index in [-0.39, 0.29) is 5.56 Å². The normalized spacial score (nSPS) is 11.0. The Labute approximate surface area is 126 Å². The fourth-order valence-electron chi connectivity index (χ4n) is 2.29. The van der Waals surface area contributed by atoms with Crippen molar-refractivity contribution in [3.05, 3.63) is 45.1 Å². The Morgan fingerprint density at radius 2 is 2.14 bits per heavy atom. The molecule has 0 fully saturated rings. The van der Waals surface area contributed by atoms with Gasteiger partial charge in [0.05, 0.1) is 12.0 Å². The number of nitrogens with zero attached hydrogens (tertiary/aromatic N) is 1. The molecule has 0 saturated heterocycles. The SMILES string of the molecule is CCOc1cccc(-c2nc3sc(C)c(C)c3c(=O)[nH]2)c1. The highest BCUT2D eigenvalue weighted by molar-refractivity contribution is 7.18. The van der Waals surface area contributed by atoms with Gasteiger partial charge < -0.3 is 9.72 Å². The summed E-state index contributed by atoms with van der Waals surface area (Å²) in [4.78, 5) is 21.7. The average Bonchev–Trinajstić information content (AvgIpc) is 2.75. The first kappa shape index (κ1) is 13.8. The highest BCUT2D eigenvalue weighted by Gasteiger charge is 2.12. The topological polar surface area (TPSA) is 55.0 Å². The van der Waals surface area contributed by atoms with Crippen molar-refractivity contribution in [2.45, 2.75) is 20.8 Å². The molecule has 0 unspecified atom stereocenters. The number of aryl methyl sites for hydroxylation is 2. The Morgan fingerprint density at radius 1 is 1.33 bits per heavy atom. The molecule has 2 heterocycles. The van der Waals surface area contributed by atoms with Crippen LogP contribution in [0, 0.1) is 13.8 Å². The lowest BCUT2D eigenvalue weighted by molar-refractivity contribution is 0.340. The van der Waals surface area contributed by atoms with E-state index in [1.54, 1.807) is 11.3 Å². The number of rotatable bonds is 3. The van der Waals surface area contributed by atoms with Crippen LogP contribution in [0.5, 0.6) is 5.75 Å². The highest BCUT2D eigenvalue weighted by Crippen LogP contribution is 2.28. The average molecular weight is 300 g/mol. The van der Waals surface area contributed by atoms with Gasteiger partial charge in [0.1, 0.15) is 16.4 Å². The molecular weight excluding hydrogens is 284 g/mol. The standard InChI is InChI=1S/C16H16N2O2S/c1-4-20-12-7-5-6-11(8-12)14-17-15(19)13-9(2)10(3)21-16(13)18-14/h5-8H,4H2,1-3H3,(H,17,18,19). The maximum absolute atomic E-state index is 12.3. The molecule has 108 valence electrons. The maximum atomic E-state index is 12.3. The fraction of sp³-hybridized carbons (Fsp3) is 0.250. The molecule has 21 heavy (non-hydrogen) atoms. The summed E-state index contributed by atoms with van der Waals surface area (Å²) >= 11 is 1.55. The van der Waals surface area contributed by atoms with Crippen LogP contribution in [0.2, 0.25) is 0 Å². The van der Waals surface area contributed by atoms with Crippen molar-refractivity contribution in [2.24, 2.45) is 0 Å². The van der Waals surface area contributed by atoms with E-state index >= 15 is 0 Å². The Kier molecular flexibility index (Phi) is 3.51. The van der Waals surface area contributed by atoms with Gasteiger partial charge in [-0.1, -0.05) is 12.1 Å². The van der Waals surface area contributed by atoms with Crippen LogP contribution in [0.15, 0.2) is 29.1 Å². The Hall–Kier alpha value is -2.14. The molecule has 0 radical (unpaired) electrons. The maximum Gasteiger partial charge on any atom is 0.260 e. The van der Waals surface area contributed by atoms with Crippen LogP contribution in [0.4, 0.5) is 0 Å². The number of nitrogens with one attached hydrogen (secondary N) is 1. The van der Waals surface area contributed by atoms with Crippen molar-refractivity contribution in [1.82, 2.24) is 9.97 Å². The number of H-pyrrole nitrogens is 1. The third-order valence-electron chi connectivity index (χ3n) is 3.46. The summed E-state index contributed by atoms with van der Waals surface area (Å²) in [7, 11) is 0. The summed E-state index contributed by atoms with van der Waals surface area (Å²) in [6.45, 7) is 6.52. The molecule has 3 rings (SSSR count). The fourth-order valence-corrected chi connectivity index (χ4v) is 3.32. The zero-order chi connectivity index (χ0) is 15.0. The first-order valence-electron chi connectivity index (χ1n) is 6.83. The van der Waals surface area contributed by atoms with Crippen LogP contribution >= 0.6 is 11.3 Å². The minimum absolute atomic E-state index is 0.0846. The van der Waals surface area contributed by atoms with Crippen LogP contribution in [0.25, 0.3) is 21.6 Å². The van der Waals surface area contributed by atoms with Crippen molar-refractivity contribution in [2.75, 3.05) is 6.61 Å². The monoisotopic (exact) mass is 300 g/mol. The van der Waals surface area contributed by atoms with Gasteiger partial charge >= 0.3 is 0 Å². The van der Waals surface area contributed by atoms with Crippen LogP contribution < -0.4 is 10.3 Å². The van der Waals surface area contributed by atoms with Gasteiger partial charge in [0.25, 0.3) is 5.56 Å². The molecular formula is C16H16N2O2S. The van der Waals surface area contributed by atoms with Gasteiger partial charge in [0.15, 0.2) is 0 Å². The molecule has 1 aromatic carbocycles. The Bertz CT molecular complexity index is 864. The third kappa shape index (κ3) is 2.45. The van der Waals surface area contributed by atoms with E-state index in [0.717, 1.165) is 26.6 Å². The first-order chi connectivity index (χ1) is 10.1. The van der Waals surface area contributed by atoms with E-state index in [1.165, 1.54) is 0 Å². The zero-order valence-corrected chi connectivity index (χ0v) is 13.0. The predicted octanol–water partition coefficient (Wildman–Crippen LogP) is 3.67. The lowest BCUT2D eigenvalue weighted by Gasteiger charge is -2.05. The van der Waals surface area contributed by atoms with Crippen LogP contribution in [0.1, 0.15) is 17.4 Å². The number of benzene rings is 1. The molecule has 0 aliphatic heterocycles. The van der Waals surface area contributed by atoms with Crippen molar-refractivity contribution in [1.29, 1.82) is 0 Å². The number of ether oxygens (including phenoxy) is 1. The predicted molar refractivity (Wildman–Crippen MR) is 86.3 cm³/mol. The lowest BCUT2D eigenvalue weighted by Crippen LogP contribution is -2.09. The van der Waals surface area contributed by atoms with Crippen LogP contribution in [0.3, 0.4) is 0 Å². The molecule has 0 atom stereocenters. The molecule has 0 aliphatic carbocycles. The second-order valence-electron chi connectivity index (χ2n) is 4.84. The summed E-state index contributed by atoms with van der Waals surface area (Å²) in [5.74, 6) is 1.35. The number of hydrogen-bond acceptors (Lipinski definition) is 4. The summed E-state index contributed by atoms with van der Waals surface area (Å²) in [5, 5.41) is 0.696. The minimum atomic E-state index is -0.0846. The van der Waals surface area contributed by atoms with E-state index in [1.807, 2.05) is 45.0 Å². The van der Waals surface area contributed by atoms with E-state index in [4.69, 9.17) is 4.74 Å². The molecule has 4 nitrogen and oxygen atoms in total. The van der Waals surface area contributed by atoms with Gasteiger partial charge in [-0.25, -0.2) is 4.98 Å². The molecule has 0 aliphatic rings. The molecule has 0 saturated carbocycles. The summed E-state index contributed by atoms with van der Waals surface area (Å²) in [5.41, 5.74) is 1.78. The first-order valence-corrected chi connectivity index (χ1v) is 7.65. The van der Waals surface area contributed by atoms with Crippen molar-refractivity contribution >= 4 is 21.6 Å². The van der Waals surface area contributed by atoms with Gasteiger partial charge in [0.2, 0.25) is 0 Å². The van der Waals surface area contributed by atoms with E-state index in [9.17, 15) is 4.79 Å². The van der Waals surface area contributed by atoms with Gasteiger partial charge in [-0.05, 0) is 38.5 Å². The summed E-state index contributed by atoms with van der Waals surface area (Å²) in [6.07, 6.45) is 0. The van der Waals surface area contributed by atoms with E-state index < -0.39 is 0 Å².